The van der Waals surface area contributed by atoms with Gasteiger partial charge in [-0.2, -0.15) is 0 Å². The summed E-state index contributed by atoms with van der Waals surface area (Å²) in [6, 6.07) is 7.73. The number of nitrogens with one attached hydrogen (secondary N) is 1. The molecule has 1 saturated heterocycles. The first-order chi connectivity index (χ1) is 8.65. The Morgan fingerprint density at radius 1 is 1.50 bits per heavy atom. The van der Waals surface area contributed by atoms with Crippen molar-refractivity contribution in [3.63, 3.8) is 0 Å². The Hall–Kier alpha value is -1.10. The highest BCUT2D eigenvalue weighted by atomic mass is 35.5. The Morgan fingerprint density at radius 3 is 2.94 bits per heavy atom. The molecule has 18 heavy (non-hydrogen) atoms. The molecule has 1 aliphatic heterocycles. The lowest BCUT2D eigenvalue weighted by Gasteiger charge is -2.14. The number of amides is 1. The zero-order chi connectivity index (χ0) is 13.0. The minimum atomic E-state index is 0.0176. The van der Waals surface area contributed by atoms with Crippen molar-refractivity contribution in [2.75, 3.05) is 19.6 Å². The SMILES string of the molecule is N[C@@H]1CCN(CC(=O)NCc2ccccc2Cl)C1. The molecule has 0 radical (unpaired) electrons. The van der Waals surface area contributed by atoms with Crippen molar-refractivity contribution in [3.05, 3.63) is 34.9 Å². The molecule has 1 aromatic carbocycles. The monoisotopic (exact) mass is 267 g/mol. The second-order valence-electron chi connectivity index (χ2n) is 4.65. The number of carbonyl (C=O) groups is 1. The van der Waals surface area contributed by atoms with Gasteiger partial charge in [-0.3, -0.25) is 9.69 Å². The number of hydrogen-bond acceptors (Lipinski definition) is 3. The number of benzene rings is 1. The van der Waals surface area contributed by atoms with Crippen LogP contribution in [0.25, 0.3) is 0 Å². The number of likely N-dealkylation sites (tertiary alicyclic amines) is 1. The second kappa shape index (κ2) is 6.18. The van der Waals surface area contributed by atoms with Crippen LogP contribution >= 0.6 is 11.6 Å². The van der Waals surface area contributed by atoms with Crippen molar-refractivity contribution in [2.24, 2.45) is 5.73 Å². The quantitative estimate of drug-likeness (QED) is 0.855. The van der Waals surface area contributed by atoms with Crippen molar-refractivity contribution in [1.82, 2.24) is 10.2 Å². The fourth-order valence-corrected chi connectivity index (χ4v) is 2.30. The van der Waals surface area contributed by atoms with Gasteiger partial charge in [0, 0.05) is 30.7 Å². The molecule has 0 aromatic heterocycles. The average molecular weight is 268 g/mol. The summed E-state index contributed by atoms with van der Waals surface area (Å²) < 4.78 is 0. The van der Waals surface area contributed by atoms with E-state index < -0.39 is 0 Å². The predicted octanol–water partition coefficient (Wildman–Crippen LogP) is 0.989. The fraction of sp³-hybridized carbons (Fsp3) is 0.462. The first-order valence-electron chi connectivity index (χ1n) is 6.13. The van der Waals surface area contributed by atoms with E-state index in [2.05, 4.69) is 10.2 Å². The van der Waals surface area contributed by atoms with Gasteiger partial charge >= 0.3 is 0 Å². The minimum absolute atomic E-state index is 0.0176. The van der Waals surface area contributed by atoms with Crippen LogP contribution in [0.4, 0.5) is 0 Å². The van der Waals surface area contributed by atoms with E-state index in [9.17, 15) is 4.79 Å². The lowest BCUT2D eigenvalue weighted by atomic mass is 10.2. The van der Waals surface area contributed by atoms with E-state index in [1.165, 1.54) is 0 Å². The van der Waals surface area contributed by atoms with E-state index in [-0.39, 0.29) is 11.9 Å². The summed E-state index contributed by atoms with van der Waals surface area (Å²) in [6.07, 6.45) is 0.970. The lowest BCUT2D eigenvalue weighted by molar-refractivity contribution is -0.122. The maximum Gasteiger partial charge on any atom is 0.234 e. The zero-order valence-corrected chi connectivity index (χ0v) is 11.0. The van der Waals surface area contributed by atoms with Gasteiger partial charge < -0.3 is 11.1 Å². The molecule has 0 unspecified atom stereocenters. The predicted molar refractivity (Wildman–Crippen MR) is 72.3 cm³/mol. The van der Waals surface area contributed by atoms with Crippen LogP contribution in [0.3, 0.4) is 0 Å². The average Bonchev–Trinajstić information content (AvgIpc) is 2.74. The highest BCUT2D eigenvalue weighted by Gasteiger charge is 2.20. The molecule has 0 bridgehead atoms. The van der Waals surface area contributed by atoms with E-state index in [1.54, 1.807) is 0 Å². The molecule has 1 heterocycles. The molecule has 0 aliphatic carbocycles. The summed E-state index contributed by atoms with van der Waals surface area (Å²) in [5, 5.41) is 3.56. The fourth-order valence-electron chi connectivity index (χ4n) is 2.10. The highest BCUT2D eigenvalue weighted by Crippen LogP contribution is 2.14. The van der Waals surface area contributed by atoms with E-state index in [4.69, 9.17) is 17.3 Å². The molecule has 1 atom stereocenters. The van der Waals surface area contributed by atoms with Gasteiger partial charge in [0.2, 0.25) is 5.91 Å². The summed E-state index contributed by atoms with van der Waals surface area (Å²) in [4.78, 5) is 13.8. The Kier molecular flexibility index (Phi) is 4.58. The van der Waals surface area contributed by atoms with Gasteiger partial charge in [-0.15, -0.1) is 0 Å². The summed E-state index contributed by atoms with van der Waals surface area (Å²) in [5.74, 6) is 0.0176. The molecule has 3 N–H and O–H groups in total. The molecule has 2 rings (SSSR count). The van der Waals surface area contributed by atoms with Crippen LogP contribution in [0, 0.1) is 0 Å². The molecular formula is C13H18ClN3O. The number of carbonyl (C=O) groups excluding carboxylic acids is 1. The van der Waals surface area contributed by atoms with Crippen LogP contribution in [-0.4, -0.2) is 36.5 Å². The van der Waals surface area contributed by atoms with E-state index in [0.717, 1.165) is 25.1 Å². The van der Waals surface area contributed by atoms with Gasteiger partial charge in [0.15, 0.2) is 0 Å². The Morgan fingerprint density at radius 2 is 2.28 bits per heavy atom. The molecule has 5 heteroatoms. The first kappa shape index (κ1) is 13.3. The van der Waals surface area contributed by atoms with E-state index >= 15 is 0 Å². The number of halogens is 1. The van der Waals surface area contributed by atoms with Crippen LogP contribution in [0.1, 0.15) is 12.0 Å². The molecule has 1 aromatic rings. The van der Waals surface area contributed by atoms with Crippen LogP contribution < -0.4 is 11.1 Å². The summed E-state index contributed by atoms with van der Waals surface area (Å²) in [6.45, 7) is 2.59. The van der Waals surface area contributed by atoms with Gasteiger partial charge in [-0.25, -0.2) is 0 Å². The highest BCUT2D eigenvalue weighted by molar-refractivity contribution is 6.31. The van der Waals surface area contributed by atoms with Crippen molar-refractivity contribution < 1.29 is 4.79 Å². The first-order valence-corrected chi connectivity index (χ1v) is 6.51. The summed E-state index contributed by atoms with van der Waals surface area (Å²) in [5.41, 5.74) is 6.73. The van der Waals surface area contributed by atoms with Gasteiger partial charge in [0.25, 0.3) is 0 Å². The van der Waals surface area contributed by atoms with Crippen molar-refractivity contribution in [1.29, 1.82) is 0 Å². The topological polar surface area (TPSA) is 58.4 Å². The van der Waals surface area contributed by atoms with Crippen LogP contribution in [-0.2, 0) is 11.3 Å². The summed E-state index contributed by atoms with van der Waals surface area (Å²) >= 11 is 6.02. The van der Waals surface area contributed by atoms with Crippen LogP contribution in [0.15, 0.2) is 24.3 Å². The smallest absolute Gasteiger partial charge is 0.234 e. The van der Waals surface area contributed by atoms with Crippen molar-refractivity contribution in [2.45, 2.75) is 19.0 Å². The second-order valence-corrected chi connectivity index (χ2v) is 5.06. The number of nitrogens with zero attached hydrogens (tertiary/aromatic N) is 1. The van der Waals surface area contributed by atoms with Crippen molar-refractivity contribution >= 4 is 17.5 Å². The third kappa shape index (κ3) is 3.70. The standard InChI is InChI=1S/C13H18ClN3O/c14-12-4-2-1-3-10(12)7-16-13(18)9-17-6-5-11(15)8-17/h1-4,11H,5-9,15H2,(H,16,18)/t11-/m1/s1. The van der Waals surface area contributed by atoms with E-state index in [1.807, 2.05) is 24.3 Å². The third-order valence-electron chi connectivity index (χ3n) is 3.11. The molecule has 1 aliphatic rings. The largest absolute Gasteiger partial charge is 0.351 e. The molecular weight excluding hydrogens is 250 g/mol. The number of nitrogens with two attached hydrogens (primary N) is 1. The molecule has 98 valence electrons. The van der Waals surface area contributed by atoms with Gasteiger partial charge in [-0.05, 0) is 18.1 Å². The molecule has 0 saturated carbocycles. The number of rotatable bonds is 4. The van der Waals surface area contributed by atoms with Crippen LogP contribution in [0.5, 0.6) is 0 Å². The minimum Gasteiger partial charge on any atom is -0.351 e. The molecule has 1 amide bonds. The van der Waals surface area contributed by atoms with Crippen molar-refractivity contribution in [3.8, 4) is 0 Å². The normalized spacial score (nSPS) is 20.0. The Bertz CT molecular complexity index is 424. The molecule has 0 spiro atoms. The number of hydrogen-bond donors (Lipinski definition) is 2. The molecule has 4 nitrogen and oxygen atoms in total. The maximum atomic E-state index is 11.8. The zero-order valence-electron chi connectivity index (χ0n) is 10.2. The summed E-state index contributed by atoms with van der Waals surface area (Å²) in [7, 11) is 0. The van der Waals surface area contributed by atoms with Gasteiger partial charge in [0.1, 0.15) is 0 Å². The Labute approximate surface area is 112 Å². The van der Waals surface area contributed by atoms with Gasteiger partial charge in [-0.1, -0.05) is 29.8 Å². The molecule has 1 fully saturated rings. The van der Waals surface area contributed by atoms with E-state index in [0.29, 0.717) is 18.1 Å². The van der Waals surface area contributed by atoms with Gasteiger partial charge in [0.05, 0.1) is 6.54 Å². The Balaban J connectivity index is 1.77. The lowest BCUT2D eigenvalue weighted by Crippen LogP contribution is -2.37. The third-order valence-corrected chi connectivity index (χ3v) is 3.48. The maximum absolute atomic E-state index is 11.8. The van der Waals surface area contributed by atoms with Crippen LogP contribution in [0.2, 0.25) is 5.02 Å².